The predicted molar refractivity (Wildman–Crippen MR) is 73.6 cm³/mol. The van der Waals surface area contributed by atoms with Crippen LogP contribution in [0.2, 0.25) is 0 Å². The fraction of sp³-hybridized carbons (Fsp3) is 0.714. The van der Waals surface area contributed by atoms with Gasteiger partial charge in [-0.25, -0.2) is 9.97 Å². The number of nitrogens with two attached hydrogens (primary N) is 1. The largest absolute Gasteiger partial charge is 0.384 e. The molecule has 1 atom stereocenters. The molecule has 0 amide bonds. The van der Waals surface area contributed by atoms with Crippen LogP contribution in [0, 0.1) is 5.92 Å². The molecule has 0 radical (unpaired) electrons. The van der Waals surface area contributed by atoms with Crippen LogP contribution in [0.15, 0.2) is 6.07 Å². The lowest BCUT2D eigenvalue weighted by Crippen LogP contribution is -2.34. The molecular formula is C14H22N4. The molecule has 1 aromatic rings. The Bertz CT molecular complexity index is 439. The van der Waals surface area contributed by atoms with E-state index in [0.717, 1.165) is 18.2 Å². The number of aromatic nitrogens is 2. The van der Waals surface area contributed by atoms with E-state index >= 15 is 0 Å². The van der Waals surface area contributed by atoms with Gasteiger partial charge in [-0.3, -0.25) is 0 Å². The van der Waals surface area contributed by atoms with Crippen molar-refractivity contribution >= 4 is 11.6 Å². The molecule has 2 fully saturated rings. The summed E-state index contributed by atoms with van der Waals surface area (Å²) in [4.78, 5) is 11.5. The molecule has 3 rings (SSSR count). The molecule has 1 saturated heterocycles. The zero-order valence-electron chi connectivity index (χ0n) is 11.3. The number of anilines is 2. The minimum absolute atomic E-state index is 0.562. The normalized spacial score (nSPS) is 23.9. The molecule has 1 aromatic heterocycles. The Morgan fingerprint density at radius 2 is 2.06 bits per heavy atom. The van der Waals surface area contributed by atoms with Gasteiger partial charge in [0.1, 0.15) is 17.5 Å². The molecule has 0 bridgehead atoms. The minimum atomic E-state index is 0.562. The molecule has 2 N–H and O–H groups in total. The van der Waals surface area contributed by atoms with Gasteiger partial charge in [0.25, 0.3) is 0 Å². The van der Waals surface area contributed by atoms with E-state index in [0.29, 0.717) is 23.7 Å². The summed E-state index contributed by atoms with van der Waals surface area (Å²) in [6.45, 7) is 5.67. The molecule has 2 heterocycles. The van der Waals surface area contributed by atoms with Crippen LogP contribution >= 0.6 is 0 Å². The van der Waals surface area contributed by atoms with Crippen molar-refractivity contribution < 1.29 is 0 Å². The Labute approximate surface area is 109 Å². The van der Waals surface area contributed by atoms with Gasteiger partial charge in [-0.15, -0.1) is 0 Å². The smallest absolute Gasteiger partial charge is 0.136 e. The zero-order chi connectivity index (χ0) is 12.7. The number of hydrogen-bond donors (Lipinski definition) is 1. The van der Waals surface area contributed by atoms with Crippen LogP contribution in [0.1, 0.15) is 51.3 Å². The molecule has 1 aliphatic heterocycles. The first-order valence-electron chi connectivity index (χ1n) is 7.06. The second-order valence-corrected chi connectivity index (χ2v) is 5.93. The quantitative estimate of drug-likeness (QED) is 0.890. The highest BCUT2D eigenvalue weighted by atomic mass is 15.2. The molecule has 0 spiro atoms. The Morgan fingerprint density at radius 3 is 2.72 bits per heavy atom. The van der Waals surface area contributed by atoms with Gasteiger partial charge in [0.15, 0.2) is 0 Å². The molecule has 1 aliphatic carbocycles. The van der Waals surface area contributed by atoms with Crippen molar-refractivity contribution in [1.82, 2.24) is 9.97 Å². The number of rotatable bonds is 3. The highest BCUT2D eigenvalue weighted by Crippen LogP contribution is 2.39. The molecule has 4 nitrogen and oxygen atoms in total. The van der Waals surface area contributed by atoms with Gasteiger partial charge < -0.3 is 10.6 Å². The van der Waals surface area contributed by atoms with E-state index < -0.39 is 0 Å². The first-order valence-corrected chi connectivity index (χ1v) is 7.06. The van der Waals surface area contributed by atoms with Crippen LogP contribution in [0.3, 0.4) is 0 Å². The van der Waals surface area contributed by atoms with E-state index in [4.69, 9.17) is 10.7 Å². The summed E-state index contributed by atoms with van der Waals surface area (Å²) in [5.74, 6) is 3.84. The Balaban J connectivity index is 1.90. The lowest BCUT2D eigenvalue weighted by Gasteiger charge is -2.29. The zero-order valence-corrected chi connectivity index (χ0v) is 11.3. The van der Waals surface area contributed by atoms with E-state index in [-0.39, 0.29) is 0 Å². The molecule has 1 unspecified atom stereocenters. The third-order valence-electron chi connectivity index (χ3n) is 4.06. The molecular weight excluding hydrogens is 224 g/mol. The van der Waals surface area contributed by atoms with Gasteiger partial charge in [0, 0.05) is 24.6 Å². The monoisotopic (exact) mass is 246 g/mol. The van der Waals surface area contributed by atoms with Crippen molar-refractivity contribution in [3.63, 3.8) is 0 Å². The van der Waals surface area contributed by atoms with Gasteiger partial charge in [0.2, 0.25) is 0 Å². The summed E-state index contributed by atoms with van der Waals surface area (Å²) < 4.78 is 0. The van der Waals surface area contributed by atoms with E-state index in [1.54, 1.807) is 0 Å². The van der Waals surface area contributed by atoms with Crippen LogP contribution in [-0.2, 0) is 0 Å². The van der Waals surface area contributed by atoms with Gasteiger partial charge in [-0.2, -0.15) is 0 Å². The standard InChI is InChI=1S/C14H22N4/c1-9(2)11-4-3-7-18(11)13-8-12(15)16-14(17-13)10-5-6-10/h8-11H,3-7H2,1-2H3,(H2,15,16,17). The number of hydrogen-bond acceptors (Lipinski definition) is 4. The number of nitrogens with zero attached hydrogens (tertiary/aromatic N) is 3. The average Bonchev–Trinajstić information content (AvgIpc) is 3.05. The fourth-order valence-electron chi connectivity index (χ4n) is 2.91. The molecule has 1 saturated carbocycles. The topological polar surface area (TPSA) is 55.0 Å². The second-order valence-electron chi connectivity index (χ2n) is 5.93. The van der Waals surface area contributed by atoms with E-state index in [1.165, 1.54) is 25.7 Å². The Hall–Kier alpha value is -1.32. The Morgan fingerprint density at radius 1 is 1.28 bits per heavy atom. The summed E-state index contributed by atoms with van der Waals surface area (Å²) in [7, 11) is 0. The third kappa shape index (κ3) is 2.16. The van der Waals surface area contributed by atoms with E-state index in [9.17, 15) is 0 Å². The summed E-state index contributed by atoms with van der Waals surface area (Å²) in [5.41, 5.74) is 5.94. The first-order chi connectivity index (χ1) is 8.65. The van der Waals surface area contributed by atoms with Crippen LogP contribution < -0.4 is 10.6 Å². The maximum Gasteiger partial charge on any atom is 0.136 e. The lowest BCUT2D eigenvalue weighted by atomic mass is 10.0. The van der Waals surface area contributed by atoms with Crippen LogP contribution in [0.4, 0.5) is 11.6 Å². The fourth-order valence-corrected chi connectivity index (χ4v) is 2.91. The molecule has 18 heavy (non-hydrogen) atoms. The average molecular weight is 246 g/mol. The van der Waals surface area contributed by atoms with Crippen molar-refractivity contribution in [2.24, 2.45) is 5.92 Å². The minimum Gasteiger partial charge on any atom is -0.384 e. The second kappa shape index (κ2) is 4.41. The van der Waals surface area contributed by atoms with Crippen molar-refractivity contribution in [3.8, 4) is 0 Å². The van der Waals surface area contributed by atoms with Gasteiger partial charge in [-0.05, 0) is 31.6 Å². The van der Waals surface area contributed by atoms with Gasteiger partial charge in [-0.1, -0.05) is 13.8 Å². The van der Waals surface area contributed by atoms with Crippen LogP contribution in [0.25, 0.3) is 0 Å². The van der Waals surface area contributed by atoms with Gasteiger partial charge >= 0.3 is 0 Å². The summed E-state index contributed by atoms with van der Waals surface area (Å²) in [6.07, 6.45) is 4.96. The first kappa shape index (κ1) is 11.8. The lowest BCUT2D eigenvalue weighted by molar-refractivity contribution is 0.489. The summed E-state index contributed by atoms with van der Waals surface area (Å²) >= 11 is 0. The van der Waals surface area contributed by atoms with Crippen LogP contribution in [-0.4, -0.2) is 22.6 Å². The van der Waals surface area contributed by atoms with E-state index in [2.05, 4.69) is 23.7 Å². The van der Waals surface area contributed by atoms with Crippen molar-refractivity contribution in [1.29, 1.82) is 0 Å². The van der Waals surface area contributed by atoms with Crippen molar-refractivity contribution in [2.45, 2.75) is 51.5 Å². The highest BCUT2D eigenvalue weighted by molar-refractivity contribution is 5.49. The van der Waals surface area contributed by atoms with Crippen molar-refractivity contribution in [3.05, 3.63) is 11.9 Å². The summed E-state index contributed by atoms with van der Waals surface area (Å²) in [5, 5.41) is 0. The maximum atomic E-state index is 5.94. The molecule has 4 heteroatoms. The SMILES string of the molecule is CC(C)C1CCCN1c1cc(N)nc(C2CC2)n1. The number of nitrogen functional groups attached to an aromatic ring is 1. The van der Waals surface area contributed by atoms with Crippen LogP contribution in [0.5, 0.6) is 0 Å². The molecule has 2 aliphatic rings. The Kier molecular flexibility index (Phi) is 2.88. The third-order valence-corrected chi connectivity index (χ3v) is 4.06. The predicted octanol–water partition coefficient (Wildman–Crippen LogP) is 2.56. The molecule has 0 aromatic carbocycles. The highest BCUT2D eigenvalue weighted by Gasteiger charge is 2.31. The van der Waals surface area contributed by atoms with Crippen molar-refractivity contribution in [2.75, 3.05) is 17.2 Å². The van der Waals surface area contributed by atoms with Gasteiger partial charge in [0.05, 0.1) is 0 Å². The van der Waals surface area contributed by atoms with E-state index in [1.807, 2.05) is 6.07 Å². The molecule has 98 valence electrons. The maximum absolute atomic E-state index is 5.94. The summed E-state index contributed by atoms with van der Waals surface area (Å²) in [6, 6.07) is 2.54.